The lowest BCUT2D eigenvalue weighted by atomic mass is 10.1. The van der Waals surface area contributed by atoms with Gasteiger partial charge < -0.3 is 10.1 Å². The first kappa shape index (κ1) is 23.2. The zero-order valence-electron chi connectivity index (χ0n) is 18.3. The monoisotopic (exact) mass is 476 g/mol. The normalized spacial score (nSPS) is 12.5. The number of rotatable bonds is 7. The fraction of sp³-hybridized carbons (Fsp3) is 0.154. The third-order valence-electron chi connectivity index (χ3n) is 5.53. The quantitative estimate of drug-likeness (QED) is 0.411. The van der Waals surface area contributed by atoms with Gasteiger partial charge in [-0.25, -0.2) is 9.69 Å². The molecule has 4 rings (SSSR count). The van der Waals surface area contributed by atoms with Crippen molar-refractivity contribution in [1.29, 1.82) is 0 Å². The van der Waals surface area contributed by atoms with Gasteiger partial charge in [-0.2, -0.15) is 0 Å². The van der Waals surface area contributed by atoms with Crippen molar-refractivity contribution in [3.63, 3.8) is 0 Å². The molecule has 7 nitrogen and oxygen atoms in total. The molecule has 1 heterocycles. The Morgan fingerprint density at radius 1 is 0.941 bits per heavy atom. The number of carbonyl (C=O) groups is 4. The van der Waals surface area contributed by atoms with Crippen molar-refractivity contribution in [2.24, 2.45) is 0 Å². The molecule has 1 N–H and O–H groups in total. The van der Waals surface area contributed by atoms with Crippen LogP contribution in [-0.2, 0) is 16.0 Å². The molecule has 1 aliphatic heterocycles. The van der Waals surface area contributed by atoms with E-state index in [1.54, 1.807) is 24.3 Å². The number of imide groups is 1. The van der Waals surface area contributed by atoms with Crippen LogP contribution in [0.5, 0.6) is 0 Å². The molecule has 0 radical (unpaired) electrons. The molecule has 1 aliphatic rings. The third kappa shape index (κ3) is 4.70. The molecule has 3 amide bonds. The fourth-order valence-electron chi connectivity index (χ4n) is 3.71. The van der Waals surface area contributed by atoms with E-state index in [2.05, 4.69) is 5.32 Å². The first-order valence-corrected chi connectivity index (χ1v) is 11.0. The number of anilines is 1. The molecule has 0 saturated carbocycles. The number of hydrogen-bond donors (Lipinski definition) is 1. The molecule has 0 aliphatic carbocycles. The van der Waals surface area contributed by atoms with Crippen LogP contribution in [0.2, 0.25) is 5.02 Å². The van der Waals surface area contributed by atoms with Crippen molar-refractivity contribution in [2.45, 2.75) is 13.3 Å². The van der Waals surface area contributed by atoms with Gasteiger partial charge in [0.25, 0.3) is 17.7 Å². The largest absolute Gasteiger partial charge is 0.452 e. The highest BCUT2D eigenvalue weighted by Gasteiger charge is 2.38. The number of halogens is 1. The number of para-hydroxylation sites is 1. The van der Waals surface area contributed by atoms with Crippen molar-refractivity contribution in [3.05, 3.63) is 99.6 Å². The van der Waals surface area contributed by atoms with Crippen LogP contribution in [0, 0.1) is 6.92 Å². The second-order valence-corrected chi connectivity index (χ2v) is 8.17. The molecule has 8 heteroatoms. The molecule has 0 aromatic heterocycles. The Bertz CT molecular complexity index is 1300. The Labute approximate surface area is 201 Å². The van der Waals surface area contributed by atoms with Crippen molar-refractivity contribution in [3.8, 4) is 0 Å². The van der Waals surface area contributed by atoms with E-state index < -0.39 is 30.3 Å². The van der Waals surface area contributed by atoms with Gasteiger partial charge in [-0.3, -0.25) is 14.4 Å². The maximum atomic E-state index is 12.9. The maximum absolute atomic E-state index is 12.9. The number of ether oxygens (including phenoxy) is 1. The van der Waals surface area contributed by atoms with E-state index in [1.807, 2.05) is 31.2 Å². The summed E-state index contributed by atoms with van der Waals surface area (Å²) in [7, 11) is 0. The number of aryl methyl sites for hydroxylation is 1. The number of carbonyl (C=O) groups excluding carboxylic acids is 4. The lowest BCUT2D eigenvalue weighted by Crippen LogP contribution is -2.30. The first-order chi connectivity index (χ1) is 16.4. The van der Waals surface area contributed by atoms with Crippen LogP contribution in [0.15, 0.2) is 66.7 Å². The average molecular weight is 477 g/mol. The van der Waals surface area contributed by atoms with Gasteiger partial charge in [-0.1, -0.05) is 48.0 Å². The average Bonchev–Trinajstić information content (AvgIpc) is 3.08. The molecule has 0 fully saturated rings. The van der Waals surface area contributed by atoms with Crippen LogP contribution >= 0.6 is 11.6 Å². The Balaban J connectivity index is 1.36. The minimum Gasteiger partial charge on any atom is -0.452 e. The molecule has 0 bridgehead atoms. The van der Waals surface area contributed by atoms with Crippen molar-refractivity contribution in [1.82, 2.24) is 5.32 Å². The highest BCUT2D eigenvalue weighted by Crippen LogP contribution is 2.33. The zero-order valence-corrected chi connectivity index (χ0v) is 19.1. The second-order valence-electron chi connectivity index (χ2n) is 7.76. The van der Waals surface area contributed by atoms with Gasteiger partial charge in [0.15, 0.2) is 6.61 Å². The second kappa shape index (κ2) is 9.89. The summed E-state index contributed by atoms with van der Waals surface area (Å²) < 4.78 is 5.09. The Hall–Kier alpha value is -3.97. The molecule has 34 heavy (non-hydrogen) atoms. The van der Waals surface area contributed by atoms with Crippen molar-refractivity contribution < 1.29 is 23.9 Å². The molecule has 3 aromatic carbocycles. The van der Waals surface area contributed by atoms with Gasteiger partial charge in [-0.05, 0) is 54.8 Å². The summed E-state index contributed by atoms with van der Waals surface area (Å²) in [6.45, 7) is 1.96. The van der Waals surface area contributed by atoms with E-state index in [9.17, 15) is 19.2 Å². The van der Waals surface area contributed by atoms with Crippen LogP contribution in [0.1, 0.15) is 42.2 Å². The summed E-state index contributed by atoms with van der Waals surface area (Å²) in [5, 5.41) is 2.97. The minimum absolute atomic E-state index is 0.0635. The van der Waals surface area contributed by atoms with E-state index in [4.69, 9.17) is 16.3 Å². The van der Waals surface area contributed by atoms with E-state index in [1.165, 1.54) is 18.2 Å². The van der Waals surface area contributed by atoms with Gasteiger partial charge in [0.2, 0.25) is 0 Å². The standard InChI is InChI=1S/C26H21ClN2O5/c1-16-6-2-3-7-17(16)12-13-28-23(30)15-34-26(33)18-10-11-19-20(14-18)25(32)29(24(19)31)22-9-5-4-8-21(22)27/h2-11,14H,12-13,15H2,1H3,(H,28,30). The van der Waals surface area contributed by atoms with Crippen LogP contribution < -0.4 is 10.2 Å². The lowest BCUT2D eigenvalue weighted by molar-refractivity contribution is -0.124. The van der Waals surface area contributed by atoms with Crippen LogP contribution in [0.3, 0.4) is 0 Å². The molecule has 0 spiro atoms. The first-order valence-electron chi connectivity index (χ1n) is 10.6. The summed E-state index contributed by atoms with van der Waals surface area (Å²) in [5.41, 5.74) is 2.83. The summed E-state index contributed by atoms with van der Waals surface area (Å²) >= 11 is 6.15. The highest BCUT2D eigenvalue weighted by atomic mass is 35.5. The Morgan fingerprint density at radius 2 is 1.65 bits per heavy atom. The molecular formula is C26H21ClN2O5. The zero-order chi connectivity index (χ0) is 24.2. The van der Waals surface area contributed by atoms with Gasteiger partial charge in [0.05, 0.1) is 27.4 Å². The summed E-state index contributed by atoms with van der Waals surface area (Å²) in [6, 6.07) is 18.5. The van der Waals surface area contributed by atoms with Gasteiger partial charge in [-0.15, -0.1) is 0 Å². The summed E-state index contributed by atoms with van der Waals surface area (Å²) in [4.78, 5) is 51.1. The number of benzene rings is 3. The predicted octanol–water partition coefficient (Wildman–Crippen LogP) is 3.96. The number of amides is 3. The molecule has 0 atom stereocenters. The highest BCUT2D eigenvalue weighted by molar-refractivity contribution is 6.39. The topological polar surface area (TPSA) is 92.8 Å². The summed E-state index contributed by atoms with van der Waals surface area (Å²) in [6.07, 6.45) is 0.662. The number of hydrogen-bond acceptors (Lipinski definition) is 5. The van der Waals surface area contributed by atoms with Crippen LogP contribution in [0.25, 0.3) is 0 Å². The van der Waals surface area contributed by atoms with Crippen molar-refractivity contribution in [2.75, 3.05) is 18.1 Å². The van der Waals surface area contributed by atoms with E-state index in [-0.39, 0.29) is 27.4 Å². The molecule has 3 aromatic rings. The minimum atomic E-state index is -0.770. The molecule has 0 unspecified atom stereocenters. The Kier molecular flexibility index (Phi) is 6.75. The third-order valence-corrected chi connectivity index (χ3v) is 5.85. The van der Waals surface area contributed by atoms with E-state index >= 15 is 0 Å². The van der Waals surface area contributed by atoms with Crippen molar-refractivity contribution >= 4 is 41.0 Å². The lowest BCUT2D eigenvalue weighted by Gasteiger charge is -2.15. The smallest absolute Gasteiger partial charge is 0.338 e. The van der Waals surface area contributed by atoms with Gasteiger partial charge >= 0.3 is 5.97 Å². The van der Waals surface area contributed by atoms with Gasteiger partial charge in [0.1, 0.15) is 0 Å². The number of nitrogens with zero attached hydrogens (tertiary/aromatic N) is 1. The van der Waals surface area contributed by atoms with E-state index in [0.29, 0.717) is 13.0 Å². The molecule has 0 saturated heterocycles. The molecular weight excluding hydrogens is 456 g/mol. The van der Waals surface area contributed by atoms with Crippen LogP contribution in [-0.4, -0.2) is 36.8 Å². The fourth-order valence-corrected chi connectivity index (χ4v) is 3.93. The number of esters is 1. The number of fused-ring (bicyclic) bond motifs is 1. The predicted molar refractivity (Wildman–Crippen MR) is 127 cm³/mol. The van der Waals surface area contributed by atoms with Crippen LogP contribution in [0.4, 0.5) is 5.69 Å². The Morgan fingerprint density at radius 3 is 2.41 bits per heavy atom. The molecule has 172 valence electrons. The van der Waals surface area contributed by atoms with E-state index in [0.717, 1.165) is 16.0 Å². The SMILES string of the molecule is Cc1ccccc1CCNC(=O)COC(=O)c1ccc2c(c1)C(=O)N(c1ccccc1Cl)C2=O. The maximum Gasteiger partial charge on any atom is 0.338 e. The summed E-state index contributed by atoms with van der Waals surface area (Å²) in [5.74, 6) is -2.31. The number of nitrogens with one attached hydrogen (secondary N) is 1. The van der Waals surface area contributed by atoms with Gasteiger partial charge in [0, 0.05) is 6.54 Å².